The van der Waals surface area contributed by atoms with Crippen molar-refractivity contribution >= 4 is 15.9 Å². The first-order chi connectivity index (χ1) is 18.5. The molecule has 1 spiro atoms. The van der Waals surface area contributed by atoms with Crippen molar-refractivity contribution in [3.63, 3.8) is 0 Å². The smallest absolute Gasteiger partial charge is 0.296 e. The van der Waals surface area contributed by atoms with E-state index in [1.54, 1.807) is 6.92 Å². The molecule has 39 heavy (non-hydrogen) atoms. The van der Waals surface area contributed by atoms with Gasteiger partial charge in [0.15, 0.2) is 5.69 Å². The summed E-state index contributed by atoms with van der Waals surface area (Å²) in [5, 5.41) is 13.1. The van der Waals surface area contributed by atoms with Gasteiger partial charge in [0.25, 0.3) is 11.5 Å². The number of aromatic hydroxyl groups is 1. The van der Waals surface area contributed by atoms with Gasteiger partial charge in [0.05, 0.1) is 18.0 Å². The molecule has 206 valence electrons. The topological polar surface area (TPSA) is 131 Å². The second kappa shape index (κ2) is 10.1. The van der Waals surface area contributed by atoms with E-state index >= 15 is 0 Å². The third-order valence-corrected chi connectivity index (χ3v) is 9.17. The second-order valence-electron chi connectivity index (χ2n) is 9.56. The van der Waals surface area contributed by atoms with Crippen LogP contribution in [0.1, 0.15) is 40.3 Å². The number of aromatic nitrogens is 2. The Labute approximate surface area is 222 Å². The molecule has 10 nitrogen and oxygen atoms in total. The molecule has 2 N–H and O–H groups in total. The maximum absolute atomic E-state index is 13.8. The van der Waals surface area contributed by atoms with E-state index in [-0.39, 0.29) is 56.3 Å². The van der Waals surface area contributed by atoms with Crippen LogP contribution in [0.15, 0.2) is 52.2 Å². The maximum Gasteiger partial charge on any atom is 0.296 e. The van der Waals surface area contributed by atoms with Crippen LogP contribution < -0.4 is 10.9 Å². The highest BCUT2D eigenvalue weighted by Crippen LogP contribution is 2.39. The number of piperidine rings is 1. The number of benzene rings is 2. The number of carbonyl (C=O) groups is 1. The van der Waals surface area contributed by atoms with Crippen LogP contribution in [0.3, 0.4) is 0 Å². The van der Waals surface area contributed by atoms with Crippen molar-refractivity contribution in [1.82, 2.24) is 19.2 Å². The number of rotatable bonds is 5. The minimum Gasteiger partial charge on any atom is -0.501 e. The molecule has 0 atom stereocenters. The Morgan fingerprint density at radius 1 is 1.10 bits per heavy atom. The minimum absolute atomic E-state index is 0.00112. The molecule has 0 unspecified atom stereocenters. The fourth-order valence-electron chi connectivity index (χ4n) is 4.97. The van der Waals surface area contributed by atoms with E-state index in [1.807, 2.05) is 0 Å². The molecule has 1 amide bonds. The lowest BCUT2D eigenvalue weighted by Crippen LogP contribution is -2.52. The van der Waals surface area contributed by atoms with Crippen LogP contribution in [0.2, 0.25) is 0 Å². The molecule has 3 aromatic rings. The monoisotopic (exact) mass is 560 g/mol. The van der Waals surface area contributed by atoms with Gasteiger partial charge in [0, 0.05) is 19.6 Å². The van der Waals surface area contributed by atoms with Crippen LogP contribution in [0.25, 0.3) is 0 Å². The van der Waals surface area contributed by atoms with E-state index in [2.05, 4.69) is 10.3 Å². The summed E-state index contributed by atoms with van der Waals surface area (Å²) in [6, 6.07) is 9.04. The lowest BCUT2D eigenvalue weighted by molar-refractivity contribution is -0.110. The summed E-state index contributed by atoms with van der Waals surface area (Å²) < 4.78 is 62.1. The molecule has 2 aliphatic heterocycles. The first-order valence-electron chi connectivity index (χ1n) is 12.3. The third kappa shape index (κ3) is 4.92. The van der Waals surface area contributed by atoms with Crippen LogP contribution >= 0.6 is 0 Å². The molecule has 1 fully saturated rings. The minimum atomic E-state index is -4.00. The lowest BCUT2D eigenvalue weighted by atomic mass is 9.89. The van der Waals surface area contributed by atoms with Gasteiger partial charge >= 0.3 is 0 Å². The number of nitrogens with one attached hydrogen (secondary N) is 1. The predicted octanol–water partition coefficient (Wildman–Crippen LogP) is 2.18. The van der Waals surface area contributed by atoms with Gasteiger partial charge in [-0.1, -0.05) is 18.2 Å². The van der Waals surface area contributed by atoms with E-state index in [4.69, 9.17) is 4.74 Å². The van der Waals surface area contributed by atoms with Crippen molar-refractivity contribution < 1.29 is 31.8 Å². The summed E-state index contributed by atoms with van der Waals surface area (Å²) in [6.07, 6.45) is 0.239. The zero-order valence-corrected chi connectivity index (χ0v) is 21.8. The number of hydrogen-bond acceptors (Lipinski definition) is 7. The number of nitrogens with zero attached hydrogens (tertiary/aromatic N) is 3. The Morgan fingerprint density at radius 3 is 2.46 bits per heavy atom. The van der Waals surface area contributed by atoms with Gasteiger partial charge < -0.3 is 15.2 Å². The zero-order valence-electron chi connectivity index (χ0n) is 21.0. The maximum atomic E-state index is 13.8. The Bertz CT molecular complexity index is 1600. The van der Waals surface area contributed by atoms with E-state index in [1.165, 1.54) is 45.3 Å². The summed E-state index contributed by atoms with van der Waals surface area (Å²) in [6.45, 7) is 1.82. The van der Waals surface area contributed by atoms with Crippen LogP contribution in [-0.4, -0.2) is 53.0 Å². The molecule has 13 heteroatoms. The van der Waals surface area contributed by atoms with Crippen LogP contribution in [0.5, 0.6) is 5.75 Å². The van der Waals surface area contributed by atoms with Gasteiger partial charge in [-0.05, 0) is 55.2 Å². The predicted molar refractivity (Wildman–Crippen MR) is 134 cm³/mol. The molecule has 1 saturated heterocycles. The van der Waals surface area contributed by atoms with Crippen molar-refractivity contribution in [1.29, 1.82) is 0 Å². The quantitative estimate of drug-likeness (QED) is 0.489. The van der Waals surface area contributed by atoms with Gasteiger partial charge in [-0.15, -0.1) is 0 Å². The molecule has 0 bridgehead atoms. The number of hydrogen-bond donors (Lipinski definition) is 2. The Balaban J connectivity index is 1.41. The van der Waals surface area contributed by atoms with Gasteiger partial charge in [-0.25, -0.2) is 22.2 Å². The third-order valence-electron chi connectivity index (χ3n) is 7.13. The Hall–Kier alpha value is -3.68. The van der Waals surface area contributed by atoms with Crippen molar-refractivity contribution in [3.8, 4) is 5.75 Å². The highest BCUT2D eigenvalue weighted by Gasteiger charge is 2.46. The zero-order chi connectivity index (χ0) is 27.9. The standard InChI is InChI=1S/C26H26F2N4O6S/c1-16-2-5-19(28)14-20(16)39(36,37)31-10-8-26(9-11-31)25-30-21(22(33)24(35)32(25)12-13-38-26)23(34)29-15-17-3-6-18(27)7-4-17/h2-7,14,33H,8-13,15H2,1H3,(H,29,34). The molecule has 2 aliphatic rings. The van der Waals surface area contributed by atoms with E-state index in [0.717, 1.165) is 6.07 Å². The van der Waals surface area contributed by atoms with Crippen molar-refractivity contribution in [3.05, 3.63) is 87.1 Å². The lowest BCUT2D eigenvalue weighted by Gasteiger charge is -2.43. The van der Waals surface area contributed by atoms with Crippen molar-refractivity contribution in [2.24, 2.45) is 0 Å². The molecule has 0 radical (unpaired) electrons. The van der Waals surface area contributed by atoms with Crippen molar-refractivity contribution in [2.45, 2.75) is 43.4 Å². The molecule has 3 heterocycles. The SMILES string of the molecule is Cc1ccc(F)cc1S(=O)(=O)N1CCC2(CC1)OCCn1c2nc(C(=O)NCc2ccc(F)cc2)c(O)c1=O. The summed E-state index contributed by atoms with van der Waals surface area (Å²) in [4.78, 5) is 30.1. The van der Waals surface area contributed by atoms with Crippen LogP contribution in [0, 0.1) is 18.6 Å². The average Bonchev–Trinajstić information content (AvgIpc) is 2.92. The molecule has 1 aromatic heterocycles. The van der Waals surface area contributed by atoms with E-state index < -0.39 is 50.2 Å². The Kier molecular flexibility index (Phi) is 6.99. The summed E-state index contributed by atoms with van der Waals surface area (Å²) >= 11 is 0. The first-order valence-corrected chi connectivity index (χ1v) is 13.7. The molecular formula is C26H26F2N4O6S. The number of halogens is 2. The number of amides is 1. The summed E-state index contributed by atoms with van der Waals surface area (Å²) in [5.74, 6) is -2.58. The van der Waals surface area contributed by atoms with Crippen LogP contribution in [-0.2, 0) is 33.5 Å². The van der Waals surface area contributed by atoms with Gasteiger partial charge in [-0.3, -0.25) is 14.2 Å². The first kappa shape index (κ1) is 26.9. The second-order valence-corrected chi connectivity index (χ2v) is 11.5. The summed E-state index contributed by atoms with van der Waals surface area (Å²) in [5.41, 5.74) is -1.44. The number of sulfonamides is 1. The highest BCUT2D eigenvalue weighted by molar-refractivity contribution is 7.89. The number of aryl methyl sites for hydroxylation is 1. The van der Waals surface area contributed by atoms with Gasteiger partial charge in [0.1, 0.15) is 23.1 Å². The molecule has 0 aliphatic carbocycles. The molecule has 0 saturated carbocycles. The molecule has 2 aromatic carbocycles. The average molecular weight is 561 g/mol. The van der Waals surface area contributed by atoms with Gasteiger partial charge in [-0.2, -0.15) is 4.31 Å². The largest absolute Gasteiger partial charge is 0.501 e. The fraction of sp³-hybridized carbons (Fsp3) is 0.346. The highest BCUT2D eigenvalue weighted by atomic mass is 32.2. The van der Waals surface area contributed by atoms with Crippen LogP contribution in [0.4, 0.5) is 8.78 Å². The van der Waals surface area contributed by atoms with Gasteiger partial charge in [0.2, 0.25) is 15.8 Å². The molecular weight excluding hydrogens is 534 g/mol. The molecule has 5 rings (SSSR count). The number of carbonyl (C=O) groups excluding carboxylic acids is 1. The van der Waals surface area contributed by atoms with E-state index in [9.17, 15) is 31.9 Å². The normalized spacial score (nSPS) is 17.1. The van der Waals surface area contributed by atoms with E-state index in [0.29, 0.717) is 11.1 Å². The fourth-order valence-corrected chi connectivity index (χ4v) is 6.65. The number of ether oxygens (including phenoxy) is 1. The Morgan fingerprint density at radius 2 is 1.77 bits per heavy atom. The summed E-state index contributed by atoms with van der Waals surface area (Å²) in [7, 11) is -4.00. The number of fused-ring (bicyclic) bond motifs is 2. The van der Waals surface area contributed by atoms with Crippen molar-refractivity contribution in [2.75, 3.05) is 19.7 Å².